The second-order valence-corrected chi connectivity index (χ2v) is 8.06. The average molecular weight is 311 g/mol. The van der Waals surface area contributed by atoms with E-state index in [0.717, 1.165) is 5.56 Å². The largest absolute Gasteiger partial charge is 0.295 e. The molecule has 0 amide bonds. The fraction of sp³-hybridized carbons (Fsp3) is 0.385. The molecule has 0 aliphatic rings. The van der Waals surface area contributed by atoms with Crippen molar-refractivity contribution in [3.63, 3.8) is 0 Å². The zero-order chi connectivity index (χ0) is 15.1. The highest BCUT2D eigenvalue weighted by atomic mass is 32.2. The highest BCUT2D eigenvalue weighted by molar-refractivity contribution is 7.90. The zero-order valence-electron chi connectivity index (χ0n) is 11.8. The first kappa shape index (κ1) is 14.9. The van der Waals surface area contributed by atoms with Crippen LogP contribution in [0.2, 0.25) is 0 Å². The van der Waals surface area contributed by atoms with E-state index >= 15 is 0 Å². The van der Waals surface area contributed by atoms with Gasteiger partial charge in [-0.25, -0.2) is 8.42 Å². The topological polar surface area (TPSA) is 67.8 Å². The smallest absolute Gasteiger partial charge is 0.195 e. The molecule has 0 aliphatic carbocycles. The lowest BCUT2D eigenvalue weighted by molar-refractivity contribution is 0.395. The summed E-state index contributed by atoms with van der Waals surface area (Å²) in [5.41, 5.74) is 0.468. The molecule has 1 aromatic carbocycles. The van der Waals surface area contributed by atoms with Crippen LogP contribution in [0.3, 0.4) is 0 Å². The van der Waals surface area contributed by atoms with E-state index < -0.39 is 9.84 Å². The molecule has 0 bridgehead atoms. The maximum Gasteiger partial charge on any atom is 0.195 e. The number of aromatic amines is 1. The SMILES string of the molecule is CC(C)(C)n1c(-c2cccc(S(C)(=O)=O)c2)n[nH]c1=S. The number of sulfone groups is 1. The van der Waals surface area contributed by atoms with Crippen molar-refractivity contribution in [2.45, 2.75) is 31.2 Å². The van der Waals surface area contributed by atoms with Crippen molar-refractivity contribution in [1.29, 1.82) is 0 Å². The summed E-state index contributed by atoms with van der Waals surface area (Å²) in [6.07, 6.45) is 1.19. The van der Waals surface area contributed by atoms with Gasteiger partial charge in [-0.05, 0) is 45.1 Å². The van der Waals surface area contributed by atoms with Gasteiger partial charge in [0, 0.05) is 17.4 Å². The van der Waals surface area contributed by atoms with Crippen LogP contribution in [0.1, 0.15) is 20.8 Å². The fourth-order valence-electron chi connectivity index (χ4n) is 1.98. The van der Waals surface area contributed by atoms with E-state index in [9.17, 15) is 8.42 Å². The number of nitrogens with one attached hydrogen (secondary N) is 1. The molecular weight excluding hydrogens is 294 g/mol. The molecule has 1 aromatic heterocycles. The lowest BCUT2D eigenvalue weighted by atomic mass is 10.1. The third-order valence-corrected chi connectivity index (χ3v) is 4.25. The number of rotatable bonds is 2. The number of benzene rings is 1. The van der Waals surface area contributed by atoms with E-state index in [0.29, 0.717) is 10.6 Å². The van der Waals surface area contributed by atoms with Gasteiger partial charge in [0.25, 0.3) is 0 Å². The van der Waals surface area contributed by atoms with Crippen LogP contribution in [-0.2, 0) is 15.4 Å². The summed E-state index contributed by atoms with van der Waals surface area (Å²) in [6.45, 7) is 6.05. The number of H-pyrrole nitrogens is 1. The van der Waals surface area contributed by atoms with Gasteiger partial charge in [0.05, 0.1) is 4.90 Å². The molecule has 0 saturated heterocycles. The molecule has 0 aliphatic heterocycles. The Kier molecular flexibility index (Phi) is 3.60. The Labute approximate surface area is 123 Å². The first-order chi connectivity index (χ1) is 9.10. The first-order valence-electron chi connectivity index (χ1n) is 6.09. The molecular formula is C13H17N3O2S2. The van der Waals surface area contributed by atoms with Gasteiger partial charge in [0.1, 0.15) is 0 Å². The Morgan fingerprint density at radius 1 is 1.30 bits per heavy atom. The molecule has 1 N–H and O–H groups in total. The fourth-order valence-corrected chi connectivity index (χ4v) is 3.05. The normalized spacial score (nSPS) is 12.6. The van der Waals surface area contributed by atoms with Crippen LogP contribution in [0.15, 0.2) is 29.2 Å². The molecule has 108 valence electrons. The van der Waals surface area contributed by atoms with Crippen LogP contribution in [0.5, 0.6) is 0 Å². The Morgan fingerprint density at radius 2 is 1.95 bits per heavy atom. The van der Waals surface area contributed by atoms with Gasteiger partial charge in [0.15, 0.2) is 20.4 Å². The van der Waals surface area contributed by atoms with Crippen LogP contribution >= 0.6 is 12.2 Å². The van der Waals surface area contributed by atoms with Crippen molar-refractivity contribution >= 4 is 22.1 Å². The molecule has 0 fully saturated rings. The summed E-state index contributed by atoms with van der Waals surface area (Å²) in [7, 11) is -3.25. The molecule has 0 unspecified atom stereocenters. The molecule has 1 heterocycles. The molecule has 2 rings (SSSR count). The summed E-state index contributed by atoms with van der Waals surface area (Å²) >= 11 is 5.25. The second-order valence-electron chi connectivity index (χ2n) is 5.66. The monoisotopic (exact) mass is 311 g/mol. The van der Waals surface area contributed by atoms with Crippen molar-refractivity contribution in [1.82, 2.24) is 14.8 Å². The highest BCUT2D eigenvalue weighted by Crippen LogP contribution is 2.26. The van der Waals surface area contributed by atoms with Gasteiger partial charge in [-0.15, -0.1) is 0 Å². The van der Waals surface area contributed by atoms with Crippen LogP contribution in [0.4, 0.5) is 0 Å². The average Bonchev–Trinajstić information content (AvgIpc) is 2.70. The molecule has 5 nitrogen and oxygen atoms in total. The Hall–Kier alpha value is -1.47. The lowest BCUT2D eigenvalue weighted by Gasteiger charge is -2.22. The van der Waals surface area contributed by atoms with E-state index in [2.05, 4.69) is 10.2 Å². The summed E-state index contributed by atoms with van der Waals surface area (Å²) in [5.74, 6) is 0.632. The van der Waals surface area contributed by atoms with Gasteiger partial charge >= 0.3 is 0 Å². The Balaban J connectivity index is 2.68. The van der Waals surface area contributed by atoms with E-state index in [4.69, 9.17) is 12.2 Å². The van der Waals surface area contributed by atoms with Gasteiger partial charge in [-0.2, -0.15) is 5.10 Å². The van der Waals surface area contributed by atoms with E-state index in [1.165, 1.54) is 6.26 Å². The van der Waals surface area contributed by atoms with Crippen molar-refractivity contribution in [2.75, 3.05) is 6.26 Å². The molecule has 20 heavy (non-hydrogen) atoms. The van der Waals surface area contributed by atoms with Gasteiger partial charge < -0.3 is 0 Å². The summed E-state index contributed by atoms with van der Waals surface area (Å²) in [5, 5.41) is 6.99. The third-order valence-electron chi connectivity index (χ3n) is 2.86. The zero-order valence-corrected chi connectivity index (χ0v) is 13.5. The van der Waals surface area contributed by atoms with E-state index in [-0.39, 0.29) is 10.4 Å². The predicted octanol–water partition coefficient (Wildman–Crippen LogP) is 2.77. The molecule has 0 atom stereocenters. The quantitative estimate of drug-likeness (QED) is 0.866. The van der Waals surface area contributed by atoms with Gasteiger partial charge in [-0.3, -0.25) is 9.67 Å². The summed E-state index contributed by atoms with van der Waals surface area (Å²) in [4.78, 5) is 0.268. The number of nitrogens with zero attached hydrogens (tertiary/aromatic N) is 2. The Bertz CT molecular complexity index is 796. The van der Waals surface area contributed by atoms with E-state index in [1.54, 1.807) is 18.2 Å². The number of hydrogen-bond donors (Lipinski definition) is 1. The number of aromatic nitrogens is 3. The van der Waals surface area contributed by atoms with Crippen LogP contribution in [0, 0.1) is 4.77 Å². The maximum absolute atomic E-state index is 11.6. The second kappa shape index (κ2) is 4.82. The minimum absolute atomic E-state index is 0.249. The predicted molar refractivity (Wildman–Crippen MR) is 81.0 cm³/mol. The van der Waals surface area contributed by atoms with Crippen LogP contribution in [0.25, 0.3) is 11.4 Å². The van der Waals surface area contributed by atoms with Crippen LogP contribution in [-0.4, -0.2) is 29.4 Å². The molecule has 0 saturated carbocycles. The van der Waals surface area contributed by atoms with E-state index in [1.807, 2.05) is 31.4 Å². The van der Waals surface area contributed by atoms with Gasteiger partial charge in [-0.1, -0.05) is 12.1 Å². The standard InChI is InChI=1S/C13H17N3O2S2/c1-13(2,3)16-11(14-15-12(16)19)9-6-5-7-10(8-9)20(4,17)18/h5-8H,1-4H3,(H,15,19). The first-order valence-corrected chi connectivity index (χ1v) is 8.39. The molecule has 0 spiro atoms. The minimum Gasteiger partial charge on any atom is -0.295 e. The number of hydrogen-bond acceptors (Lipinski definition) is 4. The lowest BCUT2D eigenvalue weighted by Crippen LogP contribution is -2.23. The minimum atomic E-state index is -3.25. The summed E-state index contributed by atoms with van der Waals surface area (Å²) in [6, 6.07) is 6.71. The van der Waals surface area contributed by atoms with Crippen molar-refractivity contribution in [3.05, 3.63) is 29.0 Å². The highest BCUT2D eigenvalue weighted by Gasteiger charge is 2.21. The third kappa shape index (κ3) is 2.83. The van der Waals surface area contributed by atoms with Crippen molar-refractivity contribution in [2.24, 2.45) is 0 Å². The molecule has 7 heteroatoms. The van der Waals surface area contributed by atoms with Gasteiger partial charge in [0.2, 0.25) is 0 Å². The Morgan fingerprint density at radius 3 is 2.50 bits per heavy atom. The van der Waals surface area contributed by atoms with Crippen molar-refractivity contribution < 1.29 is 8.42 Å². The molecule has 2 aromatic rings. The van der Waals surface area contributed by atoms with Crippen LogP contribution < -0.4 is 0 Å². The molecule has 0 radical (unpaired) electrons. The maximum atomic E-state index is 11.6. The summed E-state index contributed by atoms with van der Waals surface area (Å²) < 4.78 is 25.7. The van der Waals surface area contributed by atoms with Crippen molar-refractivity contribution in [3.8, 4) is 11.4 Å².